The van der Waals surface area contributed by atoms with Crippen molar-refractivity contribution in [3.05, 3.63) is 23.0 Å². The third-order valence-electron chi connectivity index (χ3n) is 2.14. The Kier molecular flexibility index (Phi) is 2.09. The van der Waals surface area contributed by atoms with Crippen LogP contribution in [0.2, 0.25) is 0 Å². The summed E-state index contributed by atoms with van der Waals surface area (Å²) in [7, 11) is 0. The number of aromatic nitrogens is 1. The van der Waals surface area contributed by atoms with Crippen molar-refractivity contribution in [3.8, 4) is 0 Å². The molecule has 0 bridgehead atoms. The third kappa shape index (κ3) is 1.42. The molecule has 0 radical (unpaired) electrons. The Morgan fingerprint density at radius 3 is 2.33 bits per heavy atom. The van der Waals surface area contributed by atoms with Gasteiger partial charge in [-0.05, 0) is 39.3 Å². The smallest absolute Gasteiger partial charge is 0.130 e. The van der Waals surface area contributed by atoms with Crippen LogP contribution in [-0.2, 0) is 10.2 Å². The summed E-state index contributed by atoms with van der Waals surface area (Å²) in [6, 6.07) is 2.03. The molecule has 1 rings (SSSR count). The molecule has 0 saturated carbocycles. The molecule has 0 aliphatic heterocycles. The normalized spacial score (nSPS) is 11.7. The molecular weight excluding hydrogens is 150 g/mol. The lowest BCUT2D eigenvalue weighted by atomic mass is 9.86. The Labute approximate surface area is 73.0 Å². The van der Waals surface area contributed by atoms with E-state index in [4.69, 9.17) is 0 Å². The zero-order chi connectivity index (χ0) is 9.35. The molecule has 0 aromatic carbocycles. The minimum atomic E-state index is -0.366. The molecule has 0 saturated heterocycles. The van der Waals surface area contributed by atoms with Gasteiger partial charge in [-0.15, -0.1) is 0 Å². The lowest BCUT2D eigenvalue weighted by molar-refractivity contribution is -0.111. The number of H-pyrrole nitrogens is 1. The van der Waals surface area contributed by atoms with Gasteiger partial charge in [-0.1, -0.05) is 0 Å². The average Bonchev–Trinajstić information content (AvgIpc) is 2.31. The van der Waals surface area contributed by atoms with E-state index in [9.17, 15) is 4.79 Å². The highest BCUT2D eigenvalue weighted by Gasteiger charge is 2.22. The highest BCUT2D eigenvalue weighted by molar-refractivity contribution is 5.68. The van der Waals surface area contributed by atoms with Crippen molar-refractivity contribution in [2.24, 2.45) is 0 Å². The fourth-order valence-electron chi connectivity index (χ4n) is 1.46. The summed E-state index contributed by atoms with van der Waals surface area (Å²) in [5.41, 5.74) is 2.92. The van der Waals surface area contributed by atoms with E-state index in [1.165, 1.54) is 0 Å². The van der Waals surface area contributed by atoms with Crippen LogP contribution in [0.25, 0.3) is 0 Å². The summed E-state index contributed by atoms with van der Waals surface area (Å²) in [6.45, 7) is 7.84. The van der Waals surface area contributed by atoms with Gasteiger partial charge in [0.25, 0.3) is 0 Å². The fourth-order valence-corrected chi connectivity index (χ4v) is 1.46. The predicted molar refractivity (Wildman–Crippen MR) is 49.4 cm³/mol. The lowest BCUT2D eigenvalue weighted by Gasteiger charge is -2.16. The van der Waals surface area contributed by atoms with Gasteiger partial charge in [0.2, 0.25) is 0 Å². The second kappa shape index (κ2) is 2.77. The van der Waals surface area contributed by atoms with Gasteiger partial charge in [-0.3, -0.25) is 0 Å². The summed E-state index contributed by atoms with van der Waals surface area (Å²) in [6.07, 6.45) is 0.989. The van der Waals surface area contributed by atoms with Gasteiger partial charge >= 0.3 is 0 Å². The van der Waals surface area contributed by atoms with Crippen molar-refractivity contribution >= 4 is 6.29 Å². The molecule has 0 spiro atoms. The van der Waals surface area contributed by atoms with E-state index in [1.807, 2.05) is 33.8 Å². The Balaban J connectivity index is 3.18. The molecule has 0 fully saturated rings. The fraction of sp³-hybridized carbons (Fsp3) is 0.500. The molecule has 0 unspecified atom stereocenters. The van der Waals surface area contributed by atoms with Gasteiger partial charge in [0.1, 0.15) is 6.29 Å². The van der Waals surface area contributed by atoms with Crippen molar-refractivity contribution in [1.82, 2.24) is 4.98 Å². The minimum Gasteiger partial charge on any atom is -0.362 e. The SMILES string of the molecule is Cc1cc(C(C)(C)C=O)c(C)[nH]1. The maximum Gasteiger partial charge on any atom is 0.130 e. The zero-order valence-corrected chi connectivity index (χ0v) is 8.06. The maximum atomic E-state index is 10.8. The van der Waals surface area contributed by atoms with Crippen molar-refractivity contribution in [2.75, 3.05) is 0 Å². The second-order valence-corrected chi connectivity index (χ2v) is 3.83. The van der Waals surface area contributed by atoms with Gasteiger partial charge in [-0.2, -0.15) is 0 Å². The molecule has 0 aliphatic carbocycles. The number of hydrogen-bond donors (Lipinski definition) is 1. The number of aromatic amines is 1. The first-order valence-electron chi connectivity index (χ1n) is 4.10. The third-order valence-corrected chi connectivity index (χ3v) is 2.14. The molecule has 1 heterocycles. The van der Waals surface area contributed by atoms with Crippen LogP contribution < -0.4 is 0 Å². The molecule has 0 atom stereocenters. The minimum absolute atomic E-state index is 0.366. The molecule has 0 amide bonds. The Hall–Kier alpha value is -1.05. The standard InChI is InChI=1S/C10H15NO/c1-7-5-9(8(2)11-7)10(3,4)6-12/h5-6,11H,1-4H3. The van der Waals surface area contributed by atoms with Crippen molar-refractivity contribution in [3.63, 3.8) is 0 Å². The monoisotopic (exact) mass is 165 g/mol. The van der Waals surface area contributed by atoms with Gasteiger partial charge in [-0.25, -0.2) is 0 Å². The summed E-state index contributed by atoms with van der Waals surface area (Å²) < 4.78 is 0. The Morgan fingerprint density at radius 2 is 2.00 bits per heavy atom. The highest BCUT2D eigenvalue weighted by Crippen LogP contribution is 2.24. The predicted octanol–water partition coefficient (Wildman–Crippen LogP) is 2.11. The molecule has 2 nitrogen and oxygen atoms in total. The van der Waals surface area contributed by atoms with Crippen LogP contribution in [0, 0.1) is 13.8 Å². The summed E-state index contributed by atoms with van der Waals surface area (Å²) in [5, 5.41) is 0. The van der Waals surface area contributed by atoms with Gasteiger partial charge in [0.05, 0.1) is 0 Å². The molecule has 12 heavy (non-hydrogen) atoms. The molecule has 2 heteroatoms. The van der Waals surface area contributed by atoms with Gasteiger partial charge in [0.15, 0.2) is 0 Å². The van der Waals surface area contributed by atoms with Crippen molar-refractivity contribution in [1.29, 1.82) is 0 Å². The number of rotatable bonds is 2. The van der Waals surface area contributed by atoms with Gasteiger partial charge in [0, 0.05) is 16.8 Å². The quantitative estimate of drug-likeness (QED) is 0.669. The first-order valence-corrected chi connectivity index (χ1v) is 4.10. The van der Waals surface area contributed by atoms with E-state index < -0.39 is 0 Å². The van der Waals surface area contributed by atoms with Crippen LogP contribution in [0.1, 0.15) is 30.8 Å². The first kappa shape index (κ1) is 9.04. The van der Waals surface area contributed by atoms with Crippen LogP contribution >= 0.6 is 0 Å². The van der Waals surface area contributed by atoms with Gasteiger partial charge < -0.3 is 9.78 Å². The first-order chi connectivity index (χ1) is 5.47. The summed E-state index contributed by atoms with van der Waals surface area (Å²) in [5.74, 6) is 0. The number of aryl methyl sites for hydroxylation is 2. The molecule has 1 aromatic rings. The topological polar surface area (TPSA) is 32.9 Å². The Bertz CT molecular complexity index is 297. The molecule has 1 N–H and O–H groups in total. The molecular formula is C10H15NO. The van der Waals surface area contributed by atoms with Crippen LogP contribution in [0.4, 0.5) is 0 Å². The maximum absolute atomic E-state index is 10.8. The van der Waals surface area contributed by atoms with E-state index >= 15 is 0 Å². The molecule has 0 aliphatic rings. The number of hydrogen-bond acceptors (Lipinski definition) is 1. The summed E-state index contributed by atoms with van der Waals surface area (Å²) >= 11 is 0. The van der Waals surface area contributed by atoms with Crippen LogP contribution in [0.3, 0.4) is 0 Å². The highest BCUT2D eigenvalue weighted by atomic mass is 16.1. The van der Waals surface area contributed by atoms with Crippen molar-refractivity contribution < 1.29 is 4.79 Å². The number of nitrogens with one attached hydrogen (secondary N) is 1. The van der Waals surface area contributed by atoms with E-state index in [0.29, 0.717) is 0 Å². The van der Waals surface area contributed by atoms with Crippen LogP contribution in [0.15, 0.2) is 6.07 Å². The average molecular weight is 165 g/mol. The Morgan fingerprint density at radius 1 is 1.42 bits per heavy atom. The van der Waals surface area contributed by atoms with E-state index in [2.05, 4.69) is 4.98 Å². The van der Waals surface area contributed by atoms with E-state index in [0.717, 1.165) is 23.2 Å². The van der Waals surface area contributed by atoms with E-state index in [-0.39, 0.29) is 5.41 Å². The zero-order valence-electron chi connectivity index (χ0n) is 8.06. The number of carbonyl (C=O) groups is 1. The molecule has 66 valence electrons. The largest absolute Gasteiger partial charge is 0.362 e. The number of carbonyl (C=O) groups excluding carboxylic acids is 1. The second-order valence-electron chi connectivity index (χ2n) is 3.83. The van der Waals surface area contributed by atoms with Crippen LogP contribution in [0.5, 0.6) is 0 Å². The number of aldehydes is 1. The van der Waals surface area contributed by atoms with Crippen LogP contribution in [-0.4, -0.2) is 11.3 Å². The van der Waals surface area contributed by atoms with Crippen molar-refractivity contribution in [2.45, 2.75) is 33.1 Å². The van der Waals surface area contributed by atoms with E-state index in [1.54, 1.807) is 0 Å². The molecule has 1 aromatic heterocycles. The lowest BCUT2D eigenvalue weighted by Crippen LogP contribution is -2.18. The summed E-state index contributed by atoms with van der Waals surface area (Å²) in [4.78, 5) is 14.0.